The first kappa shape index (κ1) is 31.2. The predicted octanol–water partition coefficient (Wildman–Crippen LogP) is 6.31. The summed E-state index contributed by atoms with van der Waals surface area (Å²) in [7, 11) is 6.43. The third kappa shape index (κ3) is 7.02. The molecule has 6 aromatic rings. The van der Waals surface area contributed by atoms with Gasteiger partial charge < -0.3 is 38.4 Å². The van der Waals surface area contributed by atoms with Crippen molar-refractivity contribution in [3.05, 3.63) is 72.3 Å². The molecule has 4 aromatic heterocycles. The summed E-state index contributed by atoms with van der Waals surface area (Å²) in [5.74, 6) is 5.13. The number of fused-ring (bicyclic) bond motifs is 2. The lowest BCUT2D eigenvalue weighted by Crippen LogP contribution is -2.08. The summed E-state index contributed by atoms with van der Waals surface area (Å²) in [6, 6.07) is 15.1. The van der Waals surface area contributed by atoms with Gasteiger partial charge in [-0.15, -0.1) is 0 Å². The van der Waals surface area contributed by atoms with Gasteiger partial charge in [0.15, 0.2) is 33.3 Å². The summed E-state index contributed by atoms with van der Waals surface area (Å²) in [6.45, 7) is 0.750. The number of nitrogens with zero attached hydrogens (tertiary/aromatic N) is 4. The quantitative estimate of drug-likeness (QED) is 0.0943. The van der Waals surface area contributed by atoms with E-state index < -0.39 is 0 Å². The Hall–Kier alpha value is -4.82. The second-order valence-corrected chi connectivity index (χ2v) is 11.6. The number of methoxy groups -OCH3 is 4. The first-order chi connectivity index (χ1) is 22.6. The van der Waals surface area contributed by atoms with Crippen molar-refractivity contribution in [3.8, 4) is 34.5 Å². The lowest BCUT2D eigenvalue weighted by Gasteiger charge is -2.10. The zero-order valence-corrected chi connectivity index (χ0v) is 27.3. The van der Waals surface area contributed by atoms with Crippen LogP contribution in [0, 0.1) is 0 Å². The maximum atomic E-state index is 5.96. The van der Waals surface area contributed by atoms with Crippen LogP contribution in [0.1, 0.15) is 11.4 Å². The summed E-state index contributed by atoms with van der Waals surface area (Å²) in [5.41, 5.74) is 5.02. The molecule has 0 radical (unpaired) electrons. The fraction of sp³-hybridized carbons (Fsp3) is 0.250. The molecule has 2 N–H and O–H groups in total. The highest BCUT2D eigenvalue weighted by molar-refractivity contribution is 7.98. The van der Waals surface area contributed by atoms with Crippen LogP contribution in [0.4, 0.5) is 0 Å². The van der Waals surface area contributed by atoms with Gasteiger partial charge in [-0.2, -0.15) is 0 Å². The van der Waals surface area contributed by atoms with Gasteiger partial charge in [-0.1, -0.05) is 23.5 Å². The van der Waals surface area contributed by atoms with Crippen LogP contribution in [0.3, 0.4) is 0 Å². The summed E-state index contributed by atoms with van der Waals surface area (Å²) < 4.78 is 33.6. The van der Waals surface area contributed by atoms with Crippen molar-refractivity contribution in [2.75, 3.05) is 41.7 Å². The van der Waals surface area contributed by atoms with Crippen LogP contribution in [-0.4, -0.2) is 71.6 Å². The first-order valence-corrected chi connectivity index (χ1v) is 16.2. The molecule has 14 heteroatoms. The summed E-state index contributed by atoms with van der Waals surface area (Å²) in [5, 5.41) is 1.55. The number of hydrogen-bond acceptors (Lipinski definition) is 12. The second kappa shape index (κ2) is 14.5. The SMILES string of the molecule is COc1ccnc(CSc2nc3ccc(OCCOc4ccc5nc(SCc6nccc(OC)c6OC)[nH]c5c4)cc3[nH]2)c1OC. The normalized spacial score (nSPS) is 11.1. The summed E-state index contributed by atoms with van der Waals surface area (Å²) in [4.78, 5) is 24.9. The van der Waals surface area contributed by atoms with Gasteiger partial charge >= 0.3 is 0 Å². The van der Waals surface area contributed by atoms with E-state index in [0.717, 1.165) is 55.3 Å². The molecule has 4 heterocycles. The Morgan fingerprint density at radius 2 is 1.04 bits per heavy atom. The van der Waals surface area contributed by atoms with Crippen molar-refractivity contribution in [2.24, 2.45) is 0 Å². The van der Waals surface area contributed by atoms with Crippen molar-refractivity contribution in [3.63, 3.8) is 0 Å². The number of nitrogens with one attached hydrogen (secondary N) is 2. The van der Waals surface area contributed by atoms with E-state index in [1.54, 1.807) is 53.0 Å². The number of imidazole rings is 2. The van der Waals surface area contributed by atoms with Crippen LogP contribution in [0.15, 0.2) is 71.2 Å². The lowest BCUT2D eigenvalue weighted by atomic mass is 10.3. The second-order valence-electron chi connectivity index (χ2n) is 9.70. The fourth-order valence-corrected chi connectivity index (χ4v) is 6.39. The van der Waals surface area contributed by atoms with Crippen molar-refractivity contribution in [2.45, 2.75) is 21.8 Å². The molecule has 0 aliphatic carbocycles. The molecule has 46 heavy (non-hydrogen) atoms. The standard InChI is InChI=1S/C32H32N6O6S2/c1-39-27-9-11-33-25(29(27)41-3)17-45-31-35-21-7-5-19(15-23(21)37-31)43-13-14-44-20-6-8-22-24(16-20)38-32(36-22)46-18-26-30(42-4)28(40-2)10-12-34-26/h5-12,15-16H,13-14,17-18H2,1-4H3,(H,35,37)(H,36,38). The predicted molar refractivity (Wildman–Crippen MR) is 177 cm³/mol. The van der Waals surface area contributed by atoms with Gasteiger partial charge in [0.25, 0.3) is 0 Å². The van der Waals surface area contributed by atoms with Crippen molar-refractivity contribution in [1.82, 2.24) is 29.9 Å². The third-order valence-electron chi connectivity index (χ3n) is 6.91. The molecule has 6 rings (SSSR count). The van der Waals surface area contributed by atoms with E-state index >= 15 is 0 Å². The Morgan fingerprint density at radius 1 is 0.587 bits per heavy atom. The van der Waals surface area contributed by atoms with Crippen LogP contribution in [0.2, 0.25) is 0 Å². The number of benzene rings is 2. The maximum Gasteiger partial charge on any atom is 0.183 e. The van der Waals surface area contributed by atoms with E-state index in [2.05, 4.69) is 29.9 Å². The smallest absolute Gasteiger partial charge is 0.183 e. The van der Waals surface area contributed by atoms with E-state index in [9.17, 15) is 0 Å². The highest BCUT2D eigenvalue weighted by Crippen LogP contribution is 2.35. The molecule has 0 aliphatic heterocycles. The minimum atomic E-state index is 0.375. The number of aromatic nitrogens is 6. The Kier molecular flexibility index (Phi) is 9.84. The average molecular weight is 661 g/mol. The van der Waals surface area contributed by atoms with Gasteiger partial charge in [-0.25, -0.2) is 9.97 Å². The molecule has 0 amide bonds. The van der Waals surface area contributed by atoms with Gasteiger partial charge in [0, 0.05) is 48.2 Å². The number of hydrogen-bond donors (Lipinski definition) is 2. The molecule has 2 aromatic carbocycles. The van der Waals surface area contributed by atoms with E-state index in [4.69, 9.17) is 28.4 Å². The largest absolute Gasteiger partial charge is 0.493 e. The van der Waals surface area contributed by atoms with Crippen molar-refractivity contribution in [1.29, 1.82) is 0 Å². The number of thioether (sulfide) groups is 2. The zero-order valence-electron chi connectivity index (χ0n) is 25.7. The minimum Gasteiger partial charge on any atom is -0.493 e. The lowest BCUT2D eigenvalue weighted by molar-refractivity contribution is 0.217. The topological polar surface area (TPSA) is 139 Å². The van der Waals surface area contributed by atoms with Gasteiger partial charge in [0.05, 0.1) is 61.9 Å². The molecular formula is C32H32N6O6S2. The number of H-pyrrole nitrogens is 2. The van der Waals surface area contributed by atoms with Crippen molar-refractivity contribution < 1.29 is 28.4 Å². The van der Waals surface area contributed by atoms with Gasteiger partial charge in [-0.05, 0) is 24.3 Å². The fourth-order valence-electron chi connectivity index (χ4n) is 4.75. The maximum absolute atomic E-state index is 5.96. The highest BCUT2D eigenvalue weighted by Gasteiger charge is 2.15. The highest BCUT2D eigenvalue weighted by atomic mass is 32.2. The molecule has 0 saturated heterocycles. The van der Waals surface area contributed by atoms with Gasteiger partial charge in [0.1, 0.15) is 24.7 Å². The molecular weight excluding hydrogens is 629 g/mol. The van der Waals surface area contributed by atoms with E-state index in [1.807, 2.05) is 36.4 Å². The van der Waals surface area contributed by atoms with Crippen molar-refractivity contribution >= 4 is 45.6 Å². The molecule has 0 spiro atoms. The van der Waals surface area contributed by atoms with E-state index in [1.165, 1.54) is 23.5 Å². The van der Waals surface area contributed by atoms with E-state index in [-0.39, 0.29) is 0 Å². The molecule has 0 saturated carbocycles. The van der Waals surface area contributed by atoms with Crippen LogP contribution in [0.5, 0.6) is 34.5 Å². The summed E-state index contributed by atoms with van der Waals surface area (Å²) in [6.07, 6.45) is 3.41. The van der Waals surface area contributed by atoms with E-state index in [0.29, 0.717) is 47.7 Å². The Morgan fingerprint density at radius 3 is 1.46 bits per heavy atom. The minimum absolute atomic E-state index is 0.375. The van der Waals surface area contributed by atoms with Crippen LogP contribution >= 0.6 is 23.5 Å². The number of ether oxygens (including phenoxy) is 6. The molecule has 0 unspecified atom stereocenters. The molecule has 238 valence electrons. The summed E-state index contributed by atoms with van der Waals surface area (Å²) >= 11 is 3.07. The zero-order chi connectivity index (χ0) is 31.9. The molecule has 0 aliphatic rings. The first-order valence-electron chi connectivity index (χ1n) is 14.2. The Labute approximate surface area is 273 Å². The van der Waals surface area contributed by atoms with Crippen LogP contribution in [-0.2, 0) is 11.5 Å². The molecule has 12 nitrogen and oxygen atoms in total. The monoisotopic (exact) mass is 660 g/mol. The Bertz CT molecular complexity index is 1810. The number of aromatic amines is 2. The molecule has 0 fully saturated rings. The molecule has 0 bridgehead atoms. The van der Waals surface area contributed by atoms with Crippen LogP contribution < -0.4 is 28.4 Å². The van der Waals surface area contributed by atoms with Gasteiger partial charge in [-0.3, -0.25) is 9.97 Å². The van der Waals surface area contributed by atoms with Crippen LogP contribution in [0.25, 0.3) is 22.1 Å². The third-order valence-corrected chi connectivity index (χ3v) is 8.68. The van der Waals surface area contributed by atoms with Gasteiger partial charge in [0.2, 0.25) is 0 Å². The Balaban J connectivity index is 1.00. The average Bonchev–Trinajstić information content (AvgIpc) is 3.70. The number of pyridine rings is 2. The number of rotatable bonds is 15. The molecule has 0 atom stereocenters.